The molecule has 1 N–H and O–H groups in total. The van der Waals surface area contributed by atoms with Crippen molar-refractivity contribution in [3.05, 3.63) is 27.7 Å². The molecular weight excluding hydrogens is 349 g/mol. The van der Waals surface area contributed by atoms with Crippen LogP contribution in [0.25, 0.3) is 0 Å². The Hall–Kier alpha value is -0.530. The Morgan fingerprint density at radius 1 is 1.35 bits per heavy atom. The molecule has 0 radical (unpaired) electrons. The van der Waals surface area contributed by atoms with Gasteiger partial charge in [-0.05, 0) is 19.1 Å². The van der Waals surface area contributed by atoms with Crippen LogP contribution >= 0.6 is 33.9 Å². The van der Waals surface area contributed by atoms with Crippen LogP contribution in [0.5, 0.6) is 0 Å². The predicted molar refractivity (Wildman–Crippen MR) is 78.3 cm³/mol. The second-order valence-electron chi connectivity index (χ2n) is 3.96. The largest absolute Gasteiger partial charge is 0.380 e. The van der Waals surface area contributed by atoms with Crippen molar-refractivity contribution in [2.45, 2.75) is 17.9 Å². The van der Waals surface area contributed by atoms with E-state index in [9.17, 15) is 13.2 Å². The lowest BCUT2D eigenvalue weighted by atomic mass is 10.2. The molecule has 1 amide bonds. The fraction of sp³-hybridized carbons (Fsp3) is 0.364. The van der Waals surface area contributed by atoms with Gasteiger partial charge in [-0.2, -0.15) is 0 Å². The van der Waals surface area contributed by atoms with Crippen LogP contribution in [0, 0.1) is 0 Å². The Morgan fingerprint density at radius 3 is 2.45 bits per heavy atom. The van der Waals surface area contributed by atoms with E-state index in [4.69, 9.17) is 38.6 Å². The molecule has 112 valence electrons. The van der Waals surface area contributed by atoms with E-state index >= 15 is 0 Å². The molecule has 1 atom stereocenters. The molecule has 0 bridgehead atoms. The molecule has 9 heteroatoms. The third-order valence-electron chi connectivity index (χ3n) is 2.48. The van der Waals surface area contributed by atoms with Gasteiger partial charge in [0.2, 0.25) is 0 Å². The zero-order valence-corrected chi connectivity index (χ0v) is 13.7. The Morgan fingerprint density at radius 2 is 1.95 bits per heavy atom. The van der Waals surface area contributed by atoms with E-state index in [1.807, 2.05) is 0 Å². The molecule has 1 aromatic carbocycles. The van der Waals surface area contributed by atoms with Crippen LogP contribution in [0.3, 0.4) is 0 Å². The summed E-state index contributed by atoms with van der Waals surface area (Å²) in [6.45, 7) is 2.01. The minimum atomic E-state index is -4.07. The van der Waals surface area contributed by atoms with Crippen molar-refractivity contribution in [1.29, 1.82) is 0 Å². The van der Waals surface area contributed by atoms with Crippen LogP contribution in [-0.2, 0) is 13.8 Å². The Kier molecular flexibility index (Phi) is 6.09. The van der Waals surface area contributed by atoms with Crippen molar-refractivity contribution < 1.29 is 17.9 Å². The van der Waals surface area contributed by atoms with Crippen molar-refractivity contribution in [3.8, 4) is 0 Å². The first-order valence-corrected chi connectivity index (χ1v) is 8.48. The molecule has 0 fully saturated rings. The summed E-state index contributed by atoms with van der Waals surface area (Å²) in [4.78, 5) is 11.6. The van der Waals surface area contributed by atoms with Gasteiger partial charge in [0.25, 0.3) is 15.0 Å². The second kappa shape index (κ2) is 6.95. The molecule has 0 saturated heterocycles. The normalized spacial score (nSPS) is 13.1. The zero-order valence-electron chi connectivity index (χ0n) is 10.6. The number of nitrogens with one attached hydrogen (secondary N) is 1. The molecule has 0 heterocycles. The minimum Gasteiger partial charge on any atom is -0.380 e. The van der Waals surface area contributed by atoms with Crippen LogP contribution in [0.4, 0.5) is 0 Å². The second-order valence-corrected chi connectivity index (χ2v) is 7.31. The van der Waals surface area contributed by atoms with Gasteiger partial charge in [-0.1, -0.05) is 23.2 Å². The number of hydrogen-bond donors (Lipinski definition) is 1. The minimum absolute atomic E-state index is 0.0291. The van der Waals surface area contributed by atoms with E-state index in [-0.39, 0.29) is 33.2 Å². The number of amides is 1. The van der Waals surface area contributed by atoms with Gasteiger partial charge < -0.3 is 10.1 Å². The van der Waals surface area contributed by atoms with E-state index in [1.165, 1.54) is 7.11 Å². The molecule has 1 unspecified atom stereocenters. The fourth-order valence-corrected chi connectivity index (χ4v) is 3.13. The number of carbonyl (C=O) groups excluding carboxylic acids is 1. The van der Waals surface area contributed by atoms with Gasteiger partial charge in [0.05, 0.1) is 21.7 Å². The maximum atomic E-state index is 11.9. The number of methoxy groups -OCH3 is 1. The van der Waals surface area contributed by atoms with Crippen LogP contribution in [0.2, 0.25) is 10.0 Å². The quantitative estimate of drug-likeness (QED) is 0.819. The van der Waals surface area contributed by atoms with Crippen LogP contribution < -0.4 is 5.32 Å². The maximum absolute atomic E-state index is 11.9. The van der Waals surface area contributed by atoms with E-state index < -0.39 is 15.0 Å². The summed E-state index contributed by atoms with van der Waals surface area (Å²) < 4.78 is 27.7. The molecule has 5 nitrogen and oxygen atoms in total. The summed E-state index contributed by atoms with van der Waals surface area (Å²) in [5.41, 5.74) is -0.0291. The number of benzene rings is 1. The third-order valence-corrected chi connectivity index (χ3v) is 4.58. The van der Waals surface area contributed by atoms with E-state index in [1.54, 1.807) is 6.92 Å². The third kappa shape index (κ3) is 4.49. The maximum Gasteiger partial charge on any atom is 0.262 e. The van der Waals surface area contributed by atoms with Crippen molar-refractivity contribution >= 4 is 48.8 Å². The Bertz CT molecular complexity index is 618. The number of carbonyl (C=O) groups is 1. The molecule has 0 saturated carbocycles. The van der Waals surface area contributed by atoms with Crippen molar-refractivity contribution in [2.75, 3.05) is 13.7 Å². The highest BCUT2D eigenvalue weighted by Gasteiger charge is 2.21. The number of ether oxygens (including phenoxy) is 1. The van der Waals surface area contributed by atoms with Gasteiger partial charge in [0, 0.05) is 24.3 Å². The summed E-state index contributed by atoms with van der Waals surface area (Å²) in [5.74, 6) is -0.544. The lowest BCUT2D eigenvalue weighted by Gasteiger charge is -2.12. The smallest absolute Gasteiger partial charge is 0.262 e. The molecular formula is C11H12Cl3NO4S. The standard InChI is InChI=1S/C11H12Cl3NO4S/c1-6(19-2)5-15-11(16)7-3-10(20(14,17)18)9(13)4-8(7)12/h3-4,6H,5H2,1-2H3,(H,15,16). The summed E-state index contributed by atoms with van der Waals surface area (Å²) in [6.07, 6.45) is -0.193. The topological polar surface area (TPSA) is 72.5 Å². The molecule has 20 heavy (non-hydrogen) atoms. The molecule has 0 aromatic heterocycles. The highest BCUT2D eigenvalue weighted by atomic mass is 35.7. The van der Waals surface area contributed by atoms with Crippen LogP contribution in [0.1, 0.15) is 17.3 Å². The zero-order chi connectivity index (χ0) is 15.5. The molecule has 0 aliphatic carbocycles. The van der Waals surface area contributed by atoms with Gasteiger partial charge in [-0.15, -0.1) is 0 Å². The molecule has 0 spiro atoms. The molecule has 1 rings (SSSR count). The molecule has 1 aromatic rings. The lowest BCUT2D eigenvalue weighted by Crippen LogP contribution is -2.31. The summed E-state index contributed by atoms with van der Waals surface area (Å²) >= 11 is 11.6. The monoisotopic (exact) mass is 359 g/mol. The lowest BCUT2D eigenvalue weighted by molar-refractivity contribution is 0.0870. The molecule has 0 aliphatic heterocycles. The van der Waals surface area contributed by atoms with E-state index in [0.717, 1.165) is 12.1 Å². The SMILES string of the molecule is COC(C)CNC(=O)c1cc(S(=O)(=O)Cl)c(Cl)cc1Cl. The van der Waals surface area contributed by atoms with Gasteiger partial charge in [-0.25, -0.2) is 8.42 Å². The summed E-state index contributed by atoms with van der Waals surface area (Å²) in [6, 6.07) is 2.20. The van der Waals surface area contributed by atoms with Gasteiger partial charge >= 0.3 is 0 Å². The first-order chi connectivity index (χ1) is 9.16. The fourth-order valence-electron chi connectivity index (χ4n) is 1.30. The predicted octanol–water partition coefficient (Wildman–Crippen LogP) is 2.69. The van der Waals surface area contributed by atoms with E-state index in [0.29, 0.717) is 0 Å². The summed E-state index contributed by atoms with van der Waals surface area (Å²) in [7, 11) is 2.67. The van der Waals surface area contributed by atoms with Gasteiger partial charge in [-0.3, -0.25) is 4.79 Å². The van der Waals surface area contributed by atoms with Crippen LogP contribution in [-0.4, -0.2) is 34.1 Å². The number of rotatable bonds is 5. The van der Waals surface area contributed by atoms with E-state index in [2.05, 4.69) is 5.32 Å². The van der Waals surface area contributed by atoms with Gasteiger partial charge in [0.1, 0.15) is 4.90 Å². The molecule has 0 aliphatic rings. The van der Waals surface area contributed by atoms with Crippen molar-refractivity contribution in [1.82, 2.24) is 5.32 Å². The van der Waals surface area contributed by atoms with Crippen molar-refractivity contribution in [3.63, 3.8) is 0 Å². The highest BCUT2D eigenvalue weighted by Crippen LogP contribution is 2.30. The first kappa shape index (κ1) is 17.5. The van der Waals surface area contributed by atoms with Crippen molar-refractivity contribution in [2.24, 2.45) is 0 Å². The first-order valence-electron chi connectivity index (χ1n) is 5.41. The van der Waals surface area contributed by atoms with Gasteiger partial charge in [0.15, 0.2) is 0 Å². The highest BCUT2D eigenvalue weighted by molar-refractivity contribution is 8.13. The average molecular weight is 361 g/mol. The Labute approximate surface area is 131 Å². The summed E-state index contributed by atoms with van der Waals surface area (Å²) in [5, 5.41) is 2.44. The number of hydrogen-bond acceptors (Lipinski definition) is 4. The van der Waals surface area contributed by atoms with Crippen LogP contribution in [0.15, 0.2) is 17.0 Å². The Balaban J connectivity index is 3.10. The number of halogens is 3. The average Bonchev–Trinajstić information content (AvgIpc) is 2.33.